The highest BCUT2D eigenvalue weighted by molar-refractivity contribution is 7.99. The number of pyridine rings is 1. The number of benzene rings is 4. The highest BCUT2D eigenvalue weighted by Gasteiger charge is 2.49. The van der Waals surface area contributed by atoms with Crippen molar-refractivity contribution in [3.05, 3.63) is 148 Å². The van der Waals surface area contributed by atoms with Crippen LogP contribution in [-0.2, 0) is 29.3 Å². The molecule has 17 nitrogen and oxygen atoms in total. The first-order valence-corrected chi connectivity index (χ1v) is 32.4. The van der Waals surface area contributed by atoms with E-state index in [1.807, 2.05) is 52.1 Å². The van der Waals surface area contributed by atoms with E-state index in [0.29, 0.717) is 75.7 Å². The van der Waals surface area contributed by atoms with Crippen molar-refractivity contribution in [1.82, 2.24) is 29.3 Å². The first-order valence-electron chi connectivity index (χ1n) is 28.0. The SMILES string of the molecule is COC(=O)c1ccc(C(=O)N2CCN(C[C@]3(C)CCC(c4ccc(Cl)cc4)=C(CN4CCN(c5ccc(C(=O)NS(=O)(=O)c6ccc(NC(CCN7CCCOCC7)CSc7ccccc7)c(S(=O)(=O)C(F)(F)F)c6)cc5)CC4)C3)CC2)nc1. The number of sulfone groups is 1. The average Bonchev–Trinajstić information content (AvgIpc) is 2.20. The molecule has 3 saturated heterocycles. The van der Waals surface area contributed by atoms with Gasteiger partial charge in [0.05, 0.1) is 29.9 Å². The molecular formula is C60H70ClF3N8O9S3. The third-order valence-corrected chi connectivity index (χ3v) is 20.2. The van der Waals surface area contributed by atoms with Crippen LogP contribution in [0.1, 0.15) is 75.8 Å². The van der Waals surface area contributed by atoms with E-state index in [4.69, 9.17) is 21.1 Å². The Hall–Kier alpha value is -6.05. The summed E-state index contributed by atoms with van der Waals surface area (Å²) in [5.74, 6) is -1.38. The number of carbonyl (C=O) groups is 3. The monoisotopic (exact) mass is 1230 g/mol. The standard InChI is InChI=1S/C60H70ClF3N8O9S3/c1-59(42-70-28-32-72(33-29-70)57(74)54-19-13-45(39-65-54)58(75)80-2)23-21-52(43-9-14-47(61)15-10-43)46(38-59)40-69-26-30-71(31-27-69)49-16-11-44(12-17-49)56(73)67-84(78,79)51-18-20-53(55(37-51)83(76,77)60(62,63)64)66-48(41-82-50-7-4-3-5-8-50)22-25-68-24-6-35-81-36-34-68/h3-5,7-20,37,39,48,66H,6,21-36,38,40-42H2,1-2H3,(H,67,73)/t48?,59-/m1/s1. The number of aromatic nitrogens is 1. The maximum atomic E-state index is 14.3. The second-order valence-electron chi connectivity index (χ2n) is 22.0. The number of ether oxygens (including phenoxy) is 2. The molecule has 4 aromatic carbocycles. The molecule has 0 radical (unpaired) electrons. The van der Waals surface area contributed by atoms with Crippen molar-refractivity contribution >= 4 is 78.0 Å². The van der Waals surface area contributed by atoms with Crippen LogP contribution in [0.25, 0.3) is 5.57 Å². The number of sulfonamides is 1. The van der Waals surface area contributed by atoms with Gasteiger partial charge in [-0.2, -0.15) is 13.2 Å². The number of hydrogen-bond donors (Lipinski definition) is 2. The third-order valence-electron chi connectivity index (χ3n) is 15.9. The molecule has 2 atom stereocenters. The number of alkyl halides is 3. The van der Waals surface area contributed by atoms with Gasteiger partial charge in [-0.05, 0) is 128 Å². The van der Waals surface area contributed by atoms with Crippen molar-refractivity contribution in [3.8, 4) is 0 Å². The maximum Gasteiger partial charge on any atom is 0.501 e. The molecule has 2 N–H and O–H groups in total. The summed E-state index contributed by atoms with van der Waals surface area (Å²) in [6, 6.07) is 28.7. The molecule has 4 heterocycles. The molecule has 84 heavy (non-hydrogen) atoms. The van der Waals surface area contributed by atoms with Gasteiger partial charge in [0, 0.05) is 131 Å². The number of esters is 1. The molecule has 0 spiro atoms. The Morgan fingerprint density at radius 3 is 2.19 bits per heavy atom. The number of carbonyl (C=O) groups excluding carboxylic acids is 3. The predicted molar refractivity (Wildman–Crippen MR) is 319 cm³/mol. The minimum Gasteiger partial charge on any atom is -0.465 e. The molecule has 2 amide bonds. The molecule has 0 saturated carbocycles. The van der Waals surface area contributed by atoms with Gasteiger partial charge in [0.1, 0.15) is 10.6 Å². The molecule has 0 bridgehead atoms. The zero-order chi connectivity index (χ0) is 59.7. The Bertz CT molecular complexity index is 3360. The number of rotatable bonds is 20. The topological polar surface area (TPSA) is 191 Å². The van der Waals surface area contributed by atoms with E-state index < -0.39 is 58.8 Å². The van der Waals surface area contributed by atoms with Crippen LogP contribution in [0, 0.1) is 5.41 Å². The Labute approximate surface area is 498 Å². The van der Waals surface area contributed by atoms with Crippen molar-refractivity contribution in [2.45, 2.75) is 65.3 Å². The first kappa shape index (κ1) is 62.5. The number of halogens is 4. The lowest BCUT2D eigenvalue weighted by molar-refractivity contribution is -0.0436. The second-order valence-corrected chi connectivity index (χ2v) is 27.1. The van der Waals surface area contributed by atoms with Crippen LogP contribution in [0.3, 0.4) is 0 Å². The summed E-state index contributed by atoms with van der Waals surface area (Å²) in [5, 5.41) is 3.68. The van der Waals surface area contributed by atoms with Crippen LogP contribution in [-0.4, -0.2) is 182 Å². The second kappa shape index (κ2) is 27.5. The van der Waals surface area contributed by atoms with E-state index in [2.05, 4.69) is 49.0 Å². The number of allylic oxidation sites excluding steroid dienone is 1. The predicted octanol–water partition coefficient (Wildman–Crippen LogP) is 8.84. The number of methoxy groups -OCH3 is 1. The summed E-state index contributed by atoms with van der Waals surface area (Å²) in [7, 11) is -9.70. The molecule has 4 aliphatic rings. The summed E-state index contributed by atoms with van der Waals surface area (Å²) in [6.45, 7) is 12.5. The van der Waals surface area contributed by atoms with Crippen molar-refractivity contribution in [2.75, 3.05) is 121 Å². The van der Waals surface area contributed by atoms with E-state index in [9.17, 15) is 44.4 Å². The van der Waals surface area contributed by atoms with Crippen LogP contribution in [0.15, 0.2) is 136 Å². The smallest absolute Gasteiger partial charge is 0.465 e. The number of thioether (sulfide) groups is 1. The molecule has 3 aliphatic heterocycles. The Morgan fingerprint density at radius 1 is 0.810 bits per heavy atom. The summed E-state index contributed by atoms with van der Waals surface area (Å²) < 4.78 is 109. The summed E-state index contributed by atoms with van der Waals surface area (Å²) in [4.78, 5) is 52.9. The normalized spacial score (nSPS) is 19.4. The summed E-state index contributed by atoms with van der Waals surface area (Å²) in [5.41, 5.74) is -1.01. The largest absolute Gasteiger partial charge is 0.501 e. The lowest BCUT2D eigenvalue weighted by Gasteiger charge is -2.44. The van der Waals surface area contributed by atoms with Gasteiger partial charge in [0.2, 0.25) is 0 Å². The van der Waals surface area contributed by atoms with Crippen LogP contribution >= 0.6 is 23.4 Å². The number of nitrogens with one attached hydrogen (secondary N) is 2. The fraction of sp³-hybridized carbons (Fsp3) is 0.433. The highest BCUT2D eigenvalue weighted by Crippen LogP contribution is 2.44. The van der Waals surface area contributed by atoms with E-state index >= 15 is 0 Å². The van der Waals surface area contributed by atoms with Gasteiger partial charge in [0.25, 0.3) is 31.7 Å². The molecule has 450 valence electrons. The van der Waals surface area contributed by atoms with E-state index in [-0.39, 0.29) is 28.1 Å². The lowest BCUT2D eigenvalue weighted by Crippen LogP contribution is -2.51. The van der Waals surface area contributed by atoms with Crippen LogP contribution in [0.4, 0.5) is 24.5 Å². The van der Waals surface area contributed by atoms with Gasteiger partial charge in [-0.1, -0.05) is 54.4 Å². The summed E-state index contributed by atoms with van der Waals surface area (Å²) >= 11 is 7.78. The fourth-order valence-electron chi connectivity index (χ4n) is 11.3. The minimum absolute atomic E-state index is 0.0219. The molecule has 1 aromatic heterocycles. The molecule has 24 heteroatoms. The Balaban J connectivity index is 0.819. The van der Waals surface area contributed by atoms with Crippen LogP contribution in [0.2, 0.25) is 5.02 Å². The highest BCUT2D eigenvalue weighted by atomic mass is 35.5. The molecule has 3 fully saturated rings. The van der Waals surface area contributed by atoms with Gasteiger partial charge < -0.3 is 29.5 Å². The Morgan fingerprint density at radius 2 is 1.51 bits per heavy atom. The molecular weight excluding hydrogens is 1170 g/mol. The third kappa shape index (κ3) is 15.9. The van der Waals surface area contributed by atoms with Crippen LogP contribution in [0.5, 0.6) is 0 Å². The van der Waals surface area contributed by atoms with Gasteiger partial charge in [-0.15, -0.1) is 11.8 Å². The number of piperazine rings is 2. The van der Waals surface area contributed by atoms with E-state index in [0.717, 1.165) is 99.8 Å². The van der Waals surface area contributed by atoms with E-state index in [1.54, 1.807) is 24.3 Å². The van der Waals surface area contributed by atoms with Gasteiger partial charge in [-0.3, -0.25) is 24.4 Å². The molecule has 5 aromatic rings. The van der Waals surface area contributed by atoms with Gasteiger partial charge >= 0.3 is 11.5 Å². The number of nitrogens with zero attached hydrogens (tertiary/aromatic N) is 6. The maximum absolute atomic E-state index is 14.3. The minimum atomic E-state index is -6.10. The zero-order valence-electron chi connectivity index (χ0n) is 47.0. The Kier molecular flexibility index (Phi) is 20.5. The molecule has 1 aliphatic carbocycles. The average molecular weight is 1240 g/mol. The van der Waals surface area contributed by atoms with Crippen LogP contribution < -0.4 is 14.9 Å². The zero-order valence-corrected chi connectivity index (χ0v) is 50.2. The first-order chi connectivity index (χ1) is 40.2. The van der Waals surface area contributed by atoms with Crippen molar-refractivity contribution < 1.29 is 53.9 Å². The fourth-order valence-corrected chi connectivity index (χ4v) is 14.4. The quantitative estimate of drug-likeness (QED) is 0.0555. The van der Waals surface area contributed by atoms with Crippen molar-refractivity contribution in [1.29, 1.82) is 0 Å². The number of anilines is 2. The van der Waals surface area contributed by atoms with E-state index in [1.165, 1.54) is 48.3 Å². The molecule has 9 rings (SSSR count). The van der Waals surface area contributed by atoms with Crippen molar-refractivity contribution in [2.24, 2.45) is 5.41 Å². The van der Waals surface area contributed by atoms with Gasteiger partial charge in [0.15, 0.2) is 0 Å². The van der Waals surface area contributed by atoms with Gasteiger partial charge in [-0.25, -0.2) is 26.4 Å². The number of hydrogen-bond acceptors (Lipinski definition) is 16. The van der Waals surface area contributed by atoms with Crippen molar-refractivity contribution in [3.63, 3.8) is 0 Å². The number of amides is 2. The summed E-state index contributed by atoms with van der Waals surface area (Å²) in [6.07, 6.45) is 5.38. The molecule has 1 unspecified atom stereocenters. The lowest BCUT2D eigenvalue weighted by atomic mass is 9.71.